The zero-order chi connectivity index (χ0) is 14.7. The predicted molar refractivity (Wildman–Crippen MR) is 88.9 cm³/mol. The zero-order valence-electron chi connectivity index (χ0n) is 12.2. The Kier molecular flexibility index (Phi) is 3.77. The van der Waals surface area contributed by atoms with E-state index in [0.29, 0.717) is 0 Å². The van der Waals surface area contributed by atoms with E-state index in [4.69, 9.17) is 5.73 Å². The molecule has 1 heterocycles. The summed E-state index contributed by atoms with van der Waals surface area (Å²) in [4.78, 5) is 2.28. The fourth-order valence-corrected chi connectivity index (χ4v) is 2.54. The molecule has 4 heteroatoms. The van der Waals surface area contributed by atoms with Crippen LogP contribution >= 0.6 is 0 Å². The summed E-state index contributed by atoms with van der Waals surface area (Å²) >= 11 is 0. The van der Waals surface area contributed by atoms with Crippen LogP contribution in [0.5, 0.6) is 0 Å². The average Bonchev–Trinajstić information content (AvgIpc) is 2.96. The number of para-hydroxylation sites is 1. The van der Waals surface area contributed by atoms with Crippen LogP contribution in [0.2, 0.25) is 0 Å². The molecule has 1 aromatic heterocycles. The fraction of sp³-hybridized carbons (Fsp3) is 0.235. The molecular formula is C17H20N4. The monoisotopic (exact) mass is 280 g/mol. The number of rotatable bonds is 5. The molecule has 0 aliphatic carbocycles. The van der Waals surface area contributed by atoms with Gasteiger partial charge in [0, 0.05) is 17.6 Å². The largest absolute Gasteiger partial charge is 0.397 e. The minimum Gasteiger partial charge on any atom is -0.397 e. The van der Waals surface area contributed by atoms with Crippen molar-refractivity contribution in [1.82, 2.24) is 10.2 Å². The van der Waals surface area contributed by atoms with E-state index in [-0.39, 0.29) is 0 Å². The van der Waals surface area contributed by atoms with Crippen LogP contribution in [0, 0.1) is 0 Å². The number of H-pyrrole nitrogens is 1. The van der Waals surface area contributed by atoms with Crippen molar-refractivity contribution in [3.05, 3.63) is 48.7 Å². The molecule has 21 heavy (non-hydrogen) atoms. The molecule has 0 aliphatic rings. The third-order valence-corrected chi connectivity index (χ3v) is 3.68. The molecular weight excluding hydrogens is 260 g/mol. The summed E-state index contributed by atoms with van der Waals surface area (Å²) in [5, 5.41) is 8.14. The number of nitrogens with zero attached hydrogens (tertiary/aromatic N) is 2. The van der Waals surface area contributed by atoms with Gasteiger partial charge < -0.3 is 10.6 Å². The highest BCUT2D eigenvalue weighted by Crippen LogP contribution is 2.33. The summed E-state index contributed by atoms with van der Waals surface area (Å²) in [7, 11) is 0. The molecule has 0 spiro atoms. The molecule has 3 N–H and O–H groups in total. The van der Waals surface area contributed by atoms with Crippen LogP contribution in [0.4, 0.5) is 17.1 Å². The van der Waals surface area contributed by atoms with Crippen molar-refractivity contribution in [2.24, 2.45) is 0 Å². The molecule has 0 saturated heterocycles. The molecule has 0 fully saturated rings. The van der Waals surface area contributed by atoms with Gasteiger partial charge in [0.25, 0.3) is 0 Å². The number of hydrogen-bond acceptors (Lipinski definition) is 3. The summed E-state index contributed by atoms with van der Waals surface area (Å²) in [5.41, 5.74) is 10.3. The van der Waals surface area contributed by atoms with Gasteiger partial charge in [-0.05, 0) is 30.7 Å². The molecule has 4 nitrogen and oxygen atoms in total. The number of nitrogens with one attached hydrogen (secondary N) is 1. The predicted octanol–water partition coefficient (Wildman–Crippen LogP) is 4.08. The van der Waals surface area contributed by atoms with E-state index < -0.39 is 0 Å². The van der Waals surface area contributed by atoms with Gasteiger partial charge in [-0.3, -0.25) is 5.10 Å². The van der Waals surface area contributed by atoms with Crippen LogP contribution in [0.15, 0.2) is 48.7 Å². The van der Waals surface area contributed by atoms with E-state index in [0.717, 1.165) is 47.4 Å². The Morgan fingerprint density at radius 2 is 2.00 bits per heavy atom. The first kappa shape index (κ1) is 13.5. The topological polar surface area (TPSA) is 57.9 Å². The van der Waals surface area contributed by atoms with Crippen molar-refractivity contribution in [1.29, 1.82) is 0 Å². The summed E-state index contributed by atoms with van der Waals surface area (Å²) in [6, 6.07) is 14.4. The molecule has 0 aliphatic heterocycles. The lowest BCUT2D eigenvalue weighted by Gasteiger charge is -2.26. The second kappa shape index (κ2) is 5.87. The first-order valence-corrected chi connectivity index (χ1v) is 7.35. The minimum atomic E-state index is 0.781. The van der Waals surface area contributed by atoms with E-state index in [9.17, 15) is 0 Å². The lowest BCUT2D eigenvalue weighted by molar-refractivity contribution is 0.786. The third-order valence-electron chi connectivity index (χ3n) is 3.68. The van der Waals surface area contributed by atoms with Gasteiger partial charge >= 0.3 is 0 Å². The Morgan fingerprint density at radius 3 is 2.76 bits per heavy atom. The SMILES string of the molecule is CCCCN(c1ccccc1)c1cc2[nH]ncc2cc1N. The summed E-state index contributed by atoms with van der Waals surface area (Å²) in [5.74, 6) is 0. The van der Waals surface area contributed by atoms with Gasteiger partial charge in [0.1, 0.15) is 0 Å². The molecule has 0 radical (unpaired) electrons. The fourth-order valence-electron chi connectivity index (χ4n) is 2.54. The standard InChI is InChI=1S/C17H20N4/c1-2-3-9-21(14-7-5-4-6-8-14)17-11-16-13(10-15(17)18)12-19-20-16/h4-8,10-12H,2-3,9,18H2,1H3,(H,19,20). The van der Waals surface area contributed by atoms with Crippen LogP contribution in [-0.4, -0.2) is 16.7 Å². The van der Waals surface area contributed by atoms with Crippen LogP contribution in [0.25, 0.3) is 10.9 Å². The van der Waals surface area contributed by atoms with Crippen molar-refractivity contribution < 1.29 is 0 Å². The van der Waals surface area contributed by atoms with Gasteiger partial charge in [-0.1, -0.05) is 31.5 Å². The lowest BCUT2D eigenvalue weighted by atomic mass is 10.1. The third kappa shape index (κ3) is 2.70. The molecule has 0 saturated carbocycles. The first-order valence-electron chi connectivity index (χ1n) is 7.35. The molecule has 108 valence electrons. The molecule has 0 unspecified atom stereocenters. The van der Waals surface area contributed by atoms with Crippen molar-refractivity contribution in [2.75, 3.05) is 17.2 Å². The number of aromatic amines is 1. The van der Waals surface area contributed by atoms with E-state index in [2.05, 4.69) is 52.4 Å². The smallest absolute Gasteiger partial charge is 0.0672 e. The van der Waals surface area contributed by atoms with Gasteiger partial charge in [-0.2, -0.15) is 5.10 Å². The van der Waals surface area contributed by atoms with Crippen molar-refractivity contribution in [3.63, 3.8) is 0 Å². The summed E-state index contributed by atoms with van der Waals surface area (Å²) < 4.78 is 0. The van der Waals surface area contributed by atoms with E-state index >= 15 is 0 Å². The molecule has 3 aromatic rings. The Morgan fingerprint density at radius 1 is 1.19 bits per heavy atom. The van der Waals surface area contributed by atoms with E-state index in [1.54, 1.807) is 6.20 Å². The molecule has 2 aromatic carbocycles. The zero-order valence-corrected chi connectivity index (χ0v) is 12.2. The maximum absolute atomic E-state index is 6.27. The number of hydrogen-bond donors (Lipinski definition) is 2. The van der Waals surface area contributed by atoms with Crippen LogP contribution in [-0.2, 0) is 0 Å². The van der Waals surface area contributed by atoms with Crippen LogP contribution < -0.4 is 10.6 Å². The highest BCUT2D eigenvalue weighted by molar-refractivity contribution is 5.90. The van der Waals surface area contributed by atoms with Gasteiger partial charge in [-0.15, -0.1) is 0 Å². The second-order valence-corrected chi connectivity index (χ2v) is 5.21. The van der Waals surface area contributed by atoms with E-state index in [1.165, 1.54) is 0 Å². The first-order chi connectivity index (χ1) is 10.3. The van der Waals surface area contributed by atoms with Crippen LogP contribution in [0.1, 0.15) is 19.8 Å². The summed E-state index contributed by atoms with van der Waals surface area (Å²) in [6.07, 6.45) is 4.07. The second-order valence-electron chi connectivity index (χ2n) is 5.21. The highest BCUT2D eigenvalue weighted by atomic mass is 15.1. The maximum atomic E-state index is 6.27. The van der Waals surface area contributed by atoms with Gasteiger partial charge in [-0.25, -0.2) is 0 Å². The van der Waals surface area contributed by atoms with Crippen molar-refractivity contribution in [2.45, 2.75) is 19.8 Å². The Bertz CT molecular complexity index is 718. The van der Waals surface area contributed by atoms with Crippen molar-refractivity contribution >= 4 is 28.0 Å². The number of nitrogen functional groups attached to an aromatic ring is 1. The number of fused-ring (bicyclic) bond motifs is 1. The number of anilines is 3. The number of unbranched alkanes of at least 4 members (excludes halogenated alkanes) is 1. The molecule has 0 atom stereocenters. The molecule has 0 amide bonds. The maximum Gasteiger partial charge on any atom is 0.0672 e. The van der Waals surface area contributed by atoms with Gasteiger partial charge in [0.2, 0.25) is 0 Å². The van der Waals surface area contributed by atoms with Gasteiger partial charge in [0.15, 0.2) is 0 Å². The Labute approximate surface area is 124 Å². The number of benzene rings is 2. The van der Waals surface area contributed by atoms with E-state index in [1.807, 2.05) is 12.1 Å². The van der Waals surface area contributed by atoms with Gasteiger partial charge in [0.05, 0.1) is 23.1 Å². The average molecular weight is 280 g/mol. The van der Waals surface area contributed by atoms with Crippen molar-refractivity contribution in [3.8, 4) is 0 Å². The number of aromatic nitrogens is 2. The quantitative estimate of drug-likeness (QED) is 0.692. The molecule has 3 rings (SSSR count). The molecule has 0 bridgehead atoms. The number of nitrogens with two attached hydrogens (primary N) is 1. The minimum absolute atomic E-state index is 0.781. The highest BCUT2D eigenvalue weighted by Gasteiger charge is 2.13. The normalized spacial score (nSPS) is 10.9. The van der Waals surface area contributed by atoms with Crippen LogP contribution in [0.3, 0.4) is 0 Å². The Balaban J connectivity index is 2.06. The lowest BCUT2D eigenvalue weighted by Crippen LogP contribution is -2.19. The summed E-state index contributed by atoms with van der Waals surface area (Å²) in [6.45, 7) is 3.15. The Hall–Kier alpha value is -2.49.